The molecule has 0 spiro atoms. The van der Waals surface area contributed by atoms with Gasteiger partial charge in [0.2, 0.25) is 5.43 Å². The number of nitrogens with zero attached hydrogens (tertiary/aromatic N) is 3. The average Bonchev–Trinajstić information content (AvgIpc) is 2.72. The minimum absolute atomic E-state index is 0. The van der Waals surface area contributed by atoms with Gasteiger partial charge in [0.1, 0.15) is 23.9 Å². The Kier molecular flexibility index (Phi) is 8.20. The van der Waals surface area contributed by atoms with Crippen molar-refractivity contribution in [2.75, 3.05) is 18.2 Å². The summed E-state index contributed by atoms with van der Waals surface area (Å²) in [5.41, 5.74) is -1.57. The summed E-state index contributed by atoms with van der Waals surface area (Å²) in [5.74, 6) is -3.78. The Hall–Kier alpha value is -2.99. The number of carbonyl (C=O) groups is 2. The van der Waals surface area contributed by atoms with Crippen molar-refractivity contribution < 1.29 is 23.5 Å². The molecule has 0 radical (unpaired) electrons. The zero-order chi connectivity index (χ0) is 22.3. The molecule has 2 amide bonds. The lowest BCUT2D eigenvalue weighted by Gasteiger charge is -2.43. The molecule has 178 valence electrons. The van der Waals surface area contributed by atoms with Gasteiger partial charge in [-0.1, -0.05) is 18.2 Å². The third kappa shape index (κ3) is 4.86. The number of benzene rings is 1. The number of hydrogen-bond donors (Lipinski definition) is 2. The van der Waals surface area contributed by atoms with Crippen LogP contribution in [0.1, 0.15) is 39.8 Å². The standard InChI is InChI=1S/C21H20F2N4O4.2H2S/c1-12-4-2-3-7-25-11-27(12)26-10-15(18(28)19(29)17(26)21(25)31)20(30)24-9-13-5-6-14(22)8-16(13)23;;/h2-3,5-6,8,10,12,29H,4,7,9,11H2,1H3,(H,24,30);2*1H2/b3-2-;;/t12-;;/m0../s1. The molecule has 2 bridgehead atoms. The monoisotopic (exact) mass is 498 g/mol. The molecule has 2 aliphatic rings. The first-order chi connectivity index (χ1) is 14.8. The van der Waals surface area contributed by atoms with E-state index in [-0.39, 0.29) is 57.5 Å². The molecule has 0 saturated heterocycles. The van der Waals surface area contributed by atoms with Gasteiger partial charge in [-0.2, -0.15) is 27.0 Å². The Bertz CT molecular complexity index is 1170. The Labute approximate surface area is 202 Å². The van der Waals surface area contributed by atoms with Gasteiger partial charge >= 0.3 is 0 Å². The highest BCUT2D eigenvalue weighted by molar-refractivity contribution is 7.59. The first-order valence-electron chi connectivity index (χ1n) is 9.70. The van der Waals surface area contributed by atoms with Crippen molar-refractivity contribution in [3.8, 4) is 5.75 Å². The predicted octanol–water partition coefficient (Wildman–Crippen LogP) is 1.69. The minimum Gasteiger partial charge on any atom is -0.502 e. The molecule has 1 atom stereocenters. The van der Waals surface area contributed by atoms with Crippen LogP contribution in [0, 0.1) is 11.6 Å². The van der Waals surface area contributed by atoms with E-state index >= 15 is 0 Å². The highest BCUT2D eigenvalue weighted by Crippen LogP contribution is 2.24. The summed E-state index contributed by atoms with van der Waals surface area (Å²) in [6.45, 7) is 2.19. The van der Waals surface area contributed by atoms with E-state index in [1.807, 2.05) is 19.1 Å². The van der Waals surface area contributed by atoms with Crippen LogP contribution >= 0.6 is 27.0 Å². The zero-order valence-electron chi connectivity index (χ0n) is 17.6. The number of halogens is 2. The van der Waals surface area contributed by atoms with Crippen LogP contribution in [0.2, 0.25) is 0 Å². The topological polar surface area (TPSA) is 94.9 Å². The molecule has 2 N–H and O–H groups in total. The van der Waals surface area contributed by atoms with Crippen LogP contribution in [0.5, 0.6) is 5.75 Å². The first-order valence-corrected chi connectivity index (χ1v) is 9.70. The van der Waals surface area contributed by atoms with Crippen molar-refractivity contribution in [1.82, 2.24) is 14.9 Å². The second-order valence-corrected chi connectivity index (χ2v) is 7.50. The van der Waals surface area contributed by atoms with Crippen LogP contribution in [0.25, 0.3) is 0 Å². The van der Waals surface area contributed by atoms with Crippen LogP contribution < -0.4 is 15.8 Å². The molecule has 12 heteroatoms. The second-order valence-electron chi connectivity index (χ2n) is 7.50. The fourth-order valence-corrected chi connectivity index (χ4v) is 3.65. The summed E-state index contributed by atoms with van der Waals surface area (Å²) in [4.78, 5) is 39.6. The summed E-state index contributed by atoms with van der Waals surface area (Å²) >= 11 is 0. The summed E-state index contributed by atoms with van der Waals surface area (Å²) in [7, 11) is 0. The van der Waals surface area contributed by atoms with Crippen LogP contribution in [0.15, 0.2) is 41.3 Å². The maximum absolute atomic E-state index is 13.8. The Morgan fingerprint density at radius 1 is 1.21 bits per heavy atom. The quantitative estimate of drug-likeness (QED) is 0.628. The molecular weight excluding hydrogens is 474 g/mol. The van der Waals surface area contributed by atoms with E-state index in [0.29, 0.717) is 19.0 Å². The SMILES string of the molecule is C[C@H]1C/C=C\CN2CN1n1cc(C(=O)NCc3ccc(F)cc3F)c(=O)c(O)c1C2=O.S.S. The molecule has 0 aliphatic carbocycles. The molecule has 3 heterocycles. The van der Waals surface area contributed by atoms with Crippen LogP contribution in [0.3, 0.4) is 0 Å². The third-order valence-electron chi connectivity index (χ3n) is 5.42. The zero-order valence-corrected chi connectivity index (χ0v) is 19.6. The van der Waals surface area contributed by atoms with Gasteiger partial charge in [0.15, 0.2) is 11.4 Å². The number of amides is 2. The highest BCUT2D eigenvalue weighted by Gasteiger charge is 2.35. The van der Waals surface area contributed by atoms with Gasteiger partial charge in [0.25, 0.3) is 11.8 Å². The van der Waals surface area contributed by atoms with Crippen molar-refractivity contribution in [3.05, 3.63) is 75.2 Å². The summed E-state index contributed by atoms with van der Waals surface area (Å²) < 4.78 is 28.2. The van der Waals surface area contributed by atoms with Gasteiger partial charge in [-0.25, -0.2) is 8.78 Å². The summed E-state index contributed by atoms with van der Waals surface area (Å²) in [6.07, 6.45) is 5.67. The first kappa shape index (κ1) is 26.3. The number of rotatable bonds is 3. The van der Waals surface area contributed by atoms with E-state index in [0.717, 1.165) is 6.07 Å². The highest BCUT2D eigenvalue weighted by atomic mass is 32.1. The van der Waals surface area contributed by atoms with E-state index in [1.54, 1.807) is 5.01 Å². The molecule has 33 heavy (non-hydrogen) atoms. The largest absolute Gasteiger partial charge is 0.502 e. The van der Waals surface area contributed by atoms with Gasteiger partial charge in [-0.05, 0) is 19.4 Å². The molecule has 0 saturated carbocycles. The number of aromatic nitrogens is 1. The van der Waals surface area contributed by atoms with Crippen molar-refractivity contribution in [2.24, 2.45) is 0 Å². The van der Waals surface area contributed by atoms with Crippen molar-refractivity contribution in [3.63, 3.8) is 0 Å². The fraction of sp³-hybridized carbons (Fsp3) is 0.286. The lowest BCUT2D eigenvalue weighted by Crippen LogP contribution is -2.58. The van der Waals surface area contributed by atoms with Crippen LogP contribution in [-0.4, -0.2) is 45.8 Å². The van der Waals surface area contributed by atoms with Gasteiger partial charge in [0, 0.05) is 37.0 Å². The van der Waals surface area contributed by atoms with E-state index in [9.17, 15) is 28.3 Å². The van der Waals surface area contributed by atoms with Crippen molar-refractivity contribution >= 4 is 38.8 Å². The molecule has 2 aromatic rings. The predicted molar refractivity (Wildman–Crippen MR) is 128 cm³/mol. The molecule has 8 nitrogen and oxygen atoms in total. The normalized spacial score (nSPS) is 17.7. The second kappa shape index (κ2) is 10.3. The van der Waals surface area contributed by atoms with Crippen molar-refractivity contribution in [1.29, 1.82) is 0 Å². The number of pyridine rings is 1. The minimum atomic E-state index is -1.00. The van der Waals surface area contributed by atoms with E-state index in [4.69, 9.17) is 0 Å². The molecular formula is C21H24F2N4O4S2. The maximum Gasteiger partial charge on any atom is 0.278 e. The van der Waals surface area contributed by atoms with Crippen molar-refractivity contribution in [2.45, 2.75) is 25.9 Å². The lowest BCUT2D eigenvalue weighted by molar-refractivity contribution is 0.0694. The fourth-order valence-electron chi connectivity index (χ4n) is 3.65. The Balaban J connectivity index is 0.00000193. The number of hydrogen-bond acceptors (Lipinski definition) is 5. The van der Waals surface area contributed by atoms with Gasteiger partial charge in [-0.3, -0.25) is 24.1 Å². The average molecular weight is 499 g/mol. The van der Waals surface area contributed by atoms with Gasteiger partial charge < -0.3 is 15.3 Å². The van der Waals surface area contributed by atoms with Crippen LogP contribution in [0.4, 0.5) is 8.78 Å². The Morgan fingerprint density at radius 3 is 2.64 bits per heavy atom. The Morgan fingerprint density at radius 2 is 1.94 bits per heavy atom. The third-order valence-corrected chi connectivity index (χ3v) is 5.42. The molecule has 2 aliphatic heterocycles. The van der Waals surface area contributed by atoms with E-state index in [2.05, 4.69) is 5.32 Å². The summed E-state index contributed by atoms with van der Waals surface area (Å²) in [6, 6.07) is 2.84. The molecule has 4 rings (SSSR count). The summed E-state index contributed by atoms with van der Waals surface area (Å²) in [5, 5.41) is 14.7. The number of nitrogens with one attached hydrogen (secondary N) is 1. The van der Waals surface area contributed by atoms with E-state index < -0.39 is 40.2 Å². The molecule has 1 aromatic heterocycles. The molecule has 1 aromatic carbocycles. The number of aromatic hydroxyl groups is 1. The number of carbonyl (C=O) groups excluding carboxylic acids is 2. The van der Waals surface area contributed by atoms with Crippen LogP contribution in [-0.2, 0) is 6.54 Å². The smallest absolute Gasteiger partial charge is 0.278 e. The number of fused-ring (bicyclic) bond motifs is 4. The van der Waals surface area contributed by atoms with Gasteiger partial charge in [-0.15, -0.1) is 0 Å². The maximum atomic E-state index is 13.8. The lowest BCUT2D eigenvalue weighted by atomic mass is 10.1. The molecule has 0 fully saturated rings. The van der Waals surface area contributed by atoms with E-state index in [1.165, 1.54) is 21.8 Å². The van der Waals surface area contributed by atoms with Gasteiger partial charge in [0.05, 0.1) is 0 Å². The molecule has 0 unspecified atom stereocenters.